The molecule has 1 N–H and O–H groups in total. The van der Waals surface area contributed by atoms with Crippen LogP contribution in [0.5, 0.6) is 0 Å². The Morgan fingerprint density at radius 3 is 1.48 bits per heavy atom. The first-order valence-electron chi connectivity index (χ1n) is 6.26. The fourth-order valence-corrected chi connectivity index (χ4v) is 0.669. The number of carbonyl (C=O) groups excluding carboxylic acids is 3. The molecule has 0 saturated heterocycles. The van der Waals surface area contributed by atoms with E-state index >= 15 is 0 Å². The Bertz CT molecular complexity index is 282. The van der Waals surface area contributed by atoms with E-state index in [2.05, 4.69) is 9.47 Å². The molecule has 0 aromatic carbocycles. The molecule has 1 atom stereocenters. The molecule has 1 unspecified atom stereocenters. The van der Waals surface area contributed by atoms with Gasteiger partial charge in [0.2, 0.25) is 0 Å². The number of carbonyl (C=O) groups is 3. The predicted molar refractivity (Wildman–Crippen MR) is 82.8 cm³/mol. The molecule has 0 heterocycles. The van der Waals surface area contributed by atoms with Gasteiger partial charge >= 0.3 is 11.9 Å². The molecule has 6 heteroatoms. The lowest BCUT2D eigenvalue weighted by Gasteiger charge is -2.24. The largest absolute Gasteiger partial charge is 0.469 e. The zero-order valence-corrected chi connectivity index (χ0v) is 13.7. The number of ether oxygens (including phenoxy) is 2. The van der Waals surface area contributed by atoms with Gasteiger partial charge in [0.25, 0.3) is 0 Å². The monoisotopic (exact) mass is 308 g/mol. The molecule has 6 nitrogen and oxygen atoms in total. The Kier molecular flexibility index (Phi) is 19.8. The second-order valence-electron chi connectivity index (χ2n) is 4.80. The van der Waals surface area contributed by atoms with Crippen molar-refractivity contribution >= 4 is 18.2 Å². The van der Waals surface area contributed by atoms with E-state index in [1.54, 1.807) is 34.6 Å². The van der Waals surface area contributed by atoms with E-state index in [0.29, 0.717) is 0 Å². The van der Waals surface area contributed by atoms with Gasteiger partial charge in [-0.15, -0.1) is 0 Å². The first-order chi connectivity index (χ1) is 9.02. The summed E-state index contributed by atoms with van der Waals surface area (Å²) in [7, 11) is 2.70. The molecule has 0 saturated carbocycles. The minimum Gasteiger partial charge on any atom is -0.469 e. The number of rotatable bonds is 3. The fraction of sp³-hybridized carbons (Fsp3) is 0.800. The molecular weight excluding hydrogens is 276 g/mol. The molecule has 0 aliphatic rings. The normalized spacial score (nSPS) is 10.6. The van der Waals surface area contributed by atoms with Crippen molar-refractivity contribution in [3.8, 4) is 0 Å². The van der Waals surface area contributed by atoms with Gasteiger partial charge in [-0.25, -0.2) is 0 Å². The molecule has 0 amide bonds. The van der Waals surface area contributed by atoms with E-state index in [4.69, 9.17) is 9.90 Å². The third-order valence-corrected chi connectivity index (χ3v) is 2.43. The van der Waals surface area contributed by atoms with Crippen molar-refractivity contribution in [3.63, 3.8) is 0 Å². The van der Waals surface area contributed by atoms with Crippen molar-refractivity contribution in [1.82, 2.24) is 0 Å². The lowest BCUT2D eigenvalue weighted by Crippen LogP contribution is -2.36. The summed E-state index contributed by atoms with van der Waals surface area (Å²) in [6, 6.07) is 0. The van der Waals surface area contributed by atoms with Gasteiger partial charge in [0, 0.05) is 0 Å². The van der Waals surface area contributed by atoms with E-state index < -0.39 is 11.5 Å². The molecule has 0 spiro atoms. The molecular formula is C15H32O6. The Hall–Kier alpha value is -1.43. The summed E-state index contributed by atoms with van der Waals surface area (Å²) in [6.07, 6.45) is 0.0694. The van der Waals surface area contributed by atoms with Crippen molar-refractivity contribution in [2.24, 2.45) is 11.3 Å². The quantitative estimate of drug-likeness (QED) is 0.635. The smallest absolute Gasteiger partial charge is 0.313 e. The third kappa shape index (κ3) is 14.8. The van der Waals surface area contributed by atoms with Gasteiger partial charge in [0.15, 0.2) is 0 Å². The number of aliphatic hydroxyl groups is 1. The van der Waals surface area contributed by atoms with Gasteiger partial charge in [-0.2, -0.15) is 0 Å². The Morgan fingerprint density at radius 2 is 1.43 bits per heavy atom. The van der Waals surface area contributed by atoms with Gasteiger partial charge in [0.1, 0.15) is 6.29 Å². The summed E-state index contributed by atoms with van der Waals surface area (Å²) in [6.45, 7) is 9.89. The Labute approximate surface area is 128 Å². The van der Waals surface area contributed by atoms with Crippen LogP contribution in [0.1, 0.15) is 49.0 Å². The molecule has 0 aliphatic carbocycles. The minimum atomic E-state index is -0.797. The number of aliphatic hydroxyl groups excluding tert-OH is 1. The molecule has 0 aromatic rings. The topological polar surface area (TPSA) is 89.9 Å². The van der Waals surface area contributed by atoms with Crippen LogP contribution >= 0.6 is 0 Å². The van der Waals surface area contributed by atoms with E-state index in [1.165, 1.54) is 21.1 Å². The van der Waals surface area contributed by atoms with Crippen LogP contribution in [0.4, 0.5) is 0 Å². The molecule has 0 bridgehead atoms. The molecule has 0 aromatic heterocycles. The average molecular weight is 308 g/mol. The zero-order chi connectivity index (χ0) is 16.9. The summed E-state index contributed by atoms with van der Waals surface area (Å²) in [5.74, 6) is -0.535. The van der Waals surface area contributed by atoms with Crippen LogP contribution in [-0.4, -0.2) is 43.7 Å². The predicted octanol–water partition coefficient (Wildman–Crippen LogP) is 2.22. The highest BCUT2D eigenvalue weighted by Crippen LogP contribution is 2.21. The number of methoxy groups -OCH3 is 2. The molecule has 0 radical (unpaired) electrons. The fourth-order valence-electron chi connectivity index (χ4n) is 0.669. The lowest BCUT2D eigenvalue weighted by molar-refractivity contribution is -0.156. The molecule has 0 aliphatic heterocycles. The van der Waals surface area contributed by atoms with Gasteiger partial charge in [0.05, 0.1) is 31.7 Å². The maximum atomic E-state index is 10.9. The second-order valence-corrected chi connectivity index (χ2v) is 4.80. The number of hydrogen-bond acceptors (Lipinski definition) is 6. The first kappa shape index (κ1) is 27.8. The van der Waals surface area contributed by atoms with E-state index in [0.717, 1.165) is 6.29 Å². The highest BCUT2D eigenvalue weighted by molar-refractivity contribution is 5.76. The van der Waals surface area contributed by atoms with Crippen LogP contribution in [-0.2, 0) is 23.9 Å². The molecule has 0 rings (SSSR count). The number of aldehydes is 1. The van der Waals surface area contributed by atoms with Crippen LogP contribution in [0.25, 0.3) is 0 Å². The highest BCUT2D eigenvalue weighted by atomic mass is 16.5. The number of hydrogen-bond donors (Lipinski definition) is 1. The Morgan fingerprint density at radius 1 is 1.10 bits per heavy atom. The Balaban J connectivity index is -0.000000115. The maximum absolute atomic E-state index is 10.9. The van der Waals surface area contributed by atoms with Gasteiger partial charge in [-0.3, -0.25) is 9.59 Å². The maximum Gasteiger partial charge on any atom is 0.313 e. The average Bonchev–Trinajstić information content (AvgIpc) is 2.37. The summed E-state index contributed by atoms with van der Waals surface area (Å²) in [5.41, 5.74) is -0.797. The van der Waals surface area contributed by atoms with Crippen molar-refractivity contribution in [1.29, 1.82) is 0 Å². The van der Waals surface area contributed by atoms with Crippen LogP contribution in [0.2, 0.25) is 0 Å². The minimum absolute atomic E-state index is 0. The second kappa shape index (κ2) is 15.0. The summed E-state index contributed by atoms with van der Waals surface area (Å²) < 4.78 is 8.85. The standard InChI is InChI=1S/C7H14O3.C5H10O2.C2H4O.CH4/c1-5(8)7(2,3)6(9)10-4;1-4(2)5(6)7-3;1-2-3;/h5,8H,1-4H3;4H,1-3H3;2H,1H3;1H4. The first-order valence-corrected chi connectivity index (χ1v) is 6.26. The van der Waals surface area contributed by atoms with Crippen molar-refractivity contribution in [2.45, 2.75) is 55.1 Å². The van der Waals surface area contributed by atoms with Crippen LogP contribution in [0, 0.1) is 11.3 Å². The van der Waals surface area contributed by atoms with Crippen LogP contribution < -0.4 is 0 Å². The third-order valence-electron chi connectivity index (χ3n) is 2.43. The summed E-state index contributed by atoms with van der Waals surface area (Å²) >= 11 is 0. The van der Waals surface area contributed by atoms with Crippen molar-refractivity contribution < 1.29 is 29.0 Å². The van der Waals surface area contributed by atoms with Gasteiger partial charge in [-0.05, 0) is 27.7 Å². The summed E-state index contributed by atoms with van der Waals surface area (Å²) in [5, 5.41) is 9.08. The highest BCUT2D eigenvalue weighted by Gasteiger charge is 2.33. The SMILES string of the molecule is C.CC=O.COC(=O)C(C)(C)C(C)O.COC(=O)C(C)C. The van der Waals surface area contributed by atoms with E-state index in [1.807, 2.05) is 0 Å². The van der Waals surface area contributed by atoms with E-state index in [-0.39, 0.29) is 25.3 Å². The van der Waals surface area contributed by atoms with Crippen LogP contribution in [0.3, 0.4) is 0 Å². The van der Waals surface area contributed by atoms with Crippen LogP contribution in [0.15, 0.2) is 0 Å². The molecule has 128 valence electrons. The lowest BCUT2D eigenvalue weighted by atomic mass is 9.88. The van der Waals surface area contributed by atoms with Gasteiger partial charge < -0.3 is 19.4 Å². The van der Waals surface area contributed by atoms with Gasteiger partial charge in [-0.1, -0.05) is 21.3 Å². The zero-order valence-electron chi connectivity index (χ0n) is 13.7. The van der Waals surface area contributed by atoms with Crippen molar-refractivity contribution in [3.05, 3.63) is 0 Å². The molecule has 21 heavy (non-hydrogen) atoms. The number of esters is 2. The molecule has 0 fully saturated rings. The summed E-state index contributed by atoms with van der Waals surface area (Å²) in [4.78, 5) is 30.0. The van der Waals surface area contributed by atoms with Crippen molar-refractivity contribution in [2.75, 3.05) is 14.2 Å². The van der Waals surface area contributed by atoms with E-state index in [9.17, 15) is 9.59 Å².